The van der Waals surface area contributed by atoms with Crippen molar-refractivity contribution in [1.29, 1.82) is 0 Å². The molecule has 108 valence electrons. The van der Waals surface area contributed by atoms with E-state index in [4.69, 9.17) is 5.11 Å². The summed E-state index contributed by atoms with van der Waals surface area (Å²) in [7, 11) is 0. The van der Waals surface area contributed by atoms with Gasteiger partial charge in [0, 0.05) is 36.8 Å². The molecule has 1 aliphatic heterocycles. The number of piperidine rings is 1. The van der Waals surface area contributed by atoms with Crippen molar-refractivity contribution in [2.45, 2.75) is 38.1 Å². The average Bonchev–Trinajstić information content (AvgIpc) is 2.44. The van der Waals surface area contributed by atoms with Gasteiger partial charge in [-0.1, -0.05) is 0 Å². The molecule has 0 saturated carbocycles. The van der Waals surface area contributed by atoms with Crippen molar-refractivity contribution in [2.24, 2.45) is 0 Å². The van der Waals surface area contributed by atoms with Gasteiger partial charge in [-0.05, 0) is 31.7 Å². The number of aliphatic carboxylic acids is 1. The summed E-state index contributed by atoms with van der Waals surface area (Å²) in [4.78, 5) is 28.2. The van der Waals surface area contributed by atoms with Crippen molar-refractivity contribution in [3.8, 4) is 0 Å². The van der Waals surface area contributed by atoms with Crippen molar-refractivity contribution in [2.75, 3.05) is 6.54 Å². The number of amides is 1. The highest BCUT2D eigenvalue weighted by atomic mass is 19.1. The Labute approximate surface area is 116 Å². The fourth-order valence-electron chi connectivity index (χ4n) is 2.56. The molecule has 0 spiro atoms. The van der Waals surface area contributed by atoms with E-state index in [2.05, 4.69) is 4.98 Å². The summed E-state index contributed by atoms with van der Waals surface area (Å²) in [6.45, 7) is 0.590. The minimum absolute atomic E-state index is 0.0408. The number of carbonyl (C=O) groups is 2. The van der Waals surface area contributed by atoms with E-state index in [1.807, 2.05) is 0 Å². The predicted octanol–water partition coefficient (Wildman–Crippen LogP) is 2.08. The molecule has 1 atom stereocenters. The zero-order chi connectivity index (χ0) is 14.5. The first-order valence-corrected chi connectivity index (χ1v) is 6.72. The van der Waals surface area contributed by atoms with E-state index in [-0.39, 0.29) is 23.9 Å². The molecule has 1 amide bonds. The van der Waals surface area contributed by atoms with Gasteiger partial charge < -0.3 is 10.0 Å². The quantitative estimate of drug-likeness (QED) is 0.857. The molecule has 1 saturated heterocycles. The van der Waals surface area contributed by atoms with Gasteiger partial charge in [0.25, 0.3) is 5.91 Å². The van der Waals surface area contributed by atoms with E-state index in [1.165, 1.54) is 12.3 Å². The zero-order valence-corrected chi connectivity index (χ0v) is 11.1. The Morgan fingerprint density at radius 3 is 2.95 bits per heavy atom. The second-order valence-corrected chi connectivity index (χ2v) is 4.95. The molecule has 1 unspecified atom stereocenters. The lowest BCUT2D eigenvalue weighted by Crippen LogP contribution is -2.44. The van der Waals surface area contributed by atoms with Crippen LogP contribution in [0.4, 0.5) is 4.39 Å². The van der Waals surface area contributed by atoms with E-state index < -0.39 is 11.9 Å². The Morgan fingerprint density at radius 1 is 1.45 bits per heavy atom. The zero-order valence-electron chi connectivity index (χ0n) is 11.1. The third-order valence-electron chi connectivity index (χ3n) is 3.55. The highest BCUT2D eigenvalue weighted by Crippen LogP contribution is 2.23. The second kappa shape index (κ2) is 6.45. The predicted molar refractivity (Wildman–Crippen MR) is 69.7 cm³/mol. The Balaban J connectivity index is 2.10. The summed E-state index contributed by atoms with van der Waals surface area (Å²) in [6.07, 6.45) is 4.42. The first-order valence-electron chi connectivity index (χ1n) is 6.72. The fraction of sp³-hybridized carbons (Fsp3) is 0.500. The molecule has 1 aromatic rings. The van der Waals surface area contributed by atoms with Crippen LogP contribution in [0.1, 0.15) is 42.5 Å². The monoisotopic (exact) mass is 280 g/mol. The van der Waals surface area contributed by atoms with Crippen LogP contribution in [0, 0.1) is 5.95 Å². The van der Waals surface area contributed by atoms with E-state index in [1.54, 1.807) is 4.90 Å². The molecule has 0 aromatic carbocycles. The van der Waals surface area contributed by atoms with Gasteiger partial charge in [0.2, 0.25) is 5.95 Å². The van der Waals surface area contributed by atoms with Gasteiger partial charge in [-0.2, -0.15) is 4.39 Å². The molecule has 2 rings (SSSR count). The summed E-state index contributed by atoms with van der Waals surface area (Å²) < 4.78 is 13.1. The van der Waals surface area contributed by atoms with Gasteiger partial charge in [-0.15, -0.1) is 0 Å². The summed E-state index contributed by atoms with van der Waals surface area (Å²) in [5.41, 5.74) is 0.264. The smallest absolute Gasteiger partial charge is 0.303 e. The second-order valence-electron chi connectivity index (χ2n) is 4.95. The molecular formula is C14H17FN2O3. The third kappa shape index (κ3) is 3.53. The maximum Gasteiger partial charge on any atom is 0.303 e. The summed E-state index contributed by atoms with van der Waals surface area (Å²) in [6, 6.07) is 2.52. The maximum absolute atomic E-state index is 13.1. The largest absolute Gasteiger partial charge is 0.481 e. The first kappa shape index (κ1) is 14.4. The van der Waals surface area contributed by atoms with Gasteiger partial charge in [0.1, 0.15) is 0 Å². The topological polar surface area (TPSA) is 70.5 Å². The van der Waals surface area contributed by atoms with Crippen LogP contribution in [0.2, 0.25) is 0 Å². The number of nitrogens with zero attached hydrogens (tertiary/aromatic N) is 2. The average molecular weight is 280 g/mol. The first-order chi connectivity index (χ1) is 9.58. The van der Waals surface area contributed by atoms with Crippen LogP contribution in [0.5, 0.6) is 0 Å². The maximum atomic E-state index is 13.1. The van der Waals surface area contributed by atoms with Gasteiger partial charge in [0.15, 0.2) is 0 Å². The molecule has 1 aliphatic rings. The van der Waals surface area contributed by atoms with Crippen molar-refractivity contribution >= 4 is 11.9 Å². The number of pyridine rings is 1. The van der Waals surface area contributed by atoms with Crippen LogP contribution in [-0.2, 0) is 4.79 Å². The molecule has 1 aromatic heterocycles. The lowest BCUT2D eigenvalue weighted by atomic mass is 9.97. The number of hydrogen-bond acceptors (Lipinski definition) is 3. The number of carbonyl (C=O) groups excluding carboxylic acids is 1. The Morgan fingerprint density at radius 2 is 2.25 bits per heavy atom. The summed E-state index contributed by atoms with van der Waals surface area (Å²) >= 11 is 0. The van der Waals surface area contributed by atoms with Crippen molar-refractivity contribution in [1.82, 2.24) is 9.88 Å². The molecule has 5 nitrogen and oxygen atoms in total. The van der Waals surface area contributed by atoms with E-state index in [0.29, 0.717) is 13.0 Å². The summed E-state index contributed by atoms with van der Waals surface area (Å²) in [5, 5.41) is 8.76. The minimum Gasteiger partial charge on any atom is -0.481 e. The lowest BCUT2D eigenvalue weighted by Gasteiger charge is -2.35. The molecule has 6 heteroatoms. The van der Waals surface area contributed by atoms with Crippen molar-refractivity contribution in [3.05, 3.63) is 29.8 Å². The van der Waals surface area contributed by atoms with Gasteiger partial charge in [-0.3, -0.25) is 9.59 Å². The molecule has 0 radical (unpaired) electrons. The molecule has 1 N–H and O–H groups in total. The SMILES string of the molecule is O=C(O)CCC1CCCCN1C(=O)c1ccnc(F)c1. The summed E-state index contributed by atoms with van der Waals surface area (Å²) in [5.74, 6) is -1.80. The number of carboxylic acid groups (broad SMARTS) is 1. The number of aromatic nitrogens is 1. The van der Waals surface area contributed by atoms with Crippen LogP contribution in [0.25, 0.3) is 0 Å². The third-order valence-corrected chi connectivity index (χ3v) is 3.55. The highest BCUT2D eigenvalue weighted by Gasteiger charge is 2.27. The normalized spacial score (nSPS) is 18.9. The highest BCUT2D eigenvalue weighted by molar-refractivity contribution is 5.94. The van der Waals surface area contributed by atoms with Crippen LogP contribution in [-0.4, -0.2) is 39.5 Å². The molecule has 2 heterocycles. The minimum atomic E-state index is -0.863. The number of rotatable bonds is 4. The molecule has 0 aliphatic carbocycles. The molecule has 20 heavy (non-hydrogen) atoms. The van der Waals surface area contributed by atoms with Crippen LogP contribution >= 0.6 is 0 Å². The Kier molecular flexibility index (Phi) is 4.65. The number of hydrogen-bond donors (Lipinski definition) is 1. The van der Waals surface area contributed by atoms with Gasteiger partial charge in [0.05, 0.1) is 0 Å². The van der Waals surface area contributed by atoms with Gasteiger partial charge in [-0.25, -0.2) is 4.98 Å². The number of halogens is 1. The fourth-order valence-corrected chi connectivity index (χ4v) is 2.56. The lowest BCUT2D eigenvalue weighted by molar-refractivity contribution is -0.137. The molecule has 1 fully saturated rings. The van der Waals surface area contributed by atoms with Crippen LogP contribution < -0.4 is 0 Å². The Bertz CT molecular complexity index is 507. The number of carboxylic acids is 1. The van der Waals surface area contributed by atoms with Crippen molar-refractivity contribution < 1.29 is 19.1 Å². The Hall–Kier alpha value is -1.98. The molecule has 0 bridgehead atoms. The molecular weight excluding hydrogens is 263 g/mol. The van der Waals surface area contributed by atoms with E-state index in [9.17, 15) is 14.0 Å². The van der Waals surface area contributed by atoms with Gasteiger partial charge >= 0.3 is 5.97 Å². The standard InChI is InChI=1S/C14H17FN2O3/c15-12-9-10(6-7-16-12)14(20)17-8-2-1-3-11(17)4-5-13(18)19/h6-7,9,11H,1-5,8H2,(H,18,19). The van der Waals surface area contributed by atoms with Crippen LogP contribution in [0.15, 0.2) is 18.3 Å². The number of likely N-dealkylation sites (tertiary alicyclic amines) is 1. The van der Waals surface area contributed by atoms with Crippen molar-refractivity contribution in [3.63, 3.8) is 0 Å². The van der Waals surface area contributed by atoms with Crippen LogP contribution in [0.3, 0.4) is 0 Å². The van der Waals surface area contributed by atoms with E-state index in [0.717, 1.165) is 25.3 Å². The van der Waals surface area contributed by atoms with E-state index >= 15 is 0 Å².